The summed E-state index contributed by atoms with van der Waals surface area (Å²) in [5.74, 6) is 2.00. The van der Waals surface area contributed by atoms with E-state index in [1.54, 1.807) is 40.6 Å². The molecule has 0 aliphatic heterocycles. The Hall–Kier alpha value is -4.78. The van der Waals surface area contributed by atoms with Crippen molar-refractivity contribution in [2.75, 3.05) is 24.9 Å². The standard InChI is InChI=1S/C23H24N10O3/c1-32-23(34)19-16(25-15-7-5-6-14(20(15)36-4)21-28-31-33(2)30-21)11-18(27-22(19)29-32)26-17-10-13(12-35-3)8-9-24-17/h5-11H,12H2,1-4H3,(H3,24,25,26,27,29). The van der Waals surface area contributed by atoms with Crippen molar-refractivity contribution in [3.05, 3.63) is 58.5 Å². The minimum atomic E-state index is -0.225. The first-order chi connectivity index (χ1) is 17.5. The van der Waals surface area contributed by atoms with Crippen LogP contribution < -0.4 is 20.9 Å². The highest BCUT2D eigenvalue weighted by molar-refractivity contribution is 5.94. The molecule has 184 valence electrons. The van der Waals surface area contributed by atoms with E-state index < -0.39 is 0 Å². The maximum atomic E-state index is 12.9. The number of ether oxygens (including phenoxy) is 2. The molecular formula is C23H24N10O3. The second-order valence-electron chi connectivity index (χ2n) is 7.98. The normalized spacial score (nSPS) is 11.1. The molecule has 0 aliphatic rings. The van der Waals surface area contributed by atoms with Gasteiger partial charge in [0.25, 0.3) is 5.56 Å². The summed E-state index contributed by atoms with van der Waals surface area (Å²) in [5, 5.41) is 22.2. The van der Waals surface area contributed by atoms with Gasteiger partial charge in [0, 0.05) is 26.4 Å². The molecule has 13 heteroatoms. The van der Waals surface area contributed by atoms with Crippen molar-refractivity contribution in [1.82, 2.24) is 40.0 Å². The van der Waals surface area contributed by atoms with Crippen LogP contribution in [0.25, 0.3) is 22.4 Å². The van der Waals surface area contributed by atoms with Crippen LogP contribution in [0.15, 0.2) is 47.4 Å². The fourth-order valence-electron chi connectivity index (χ4n) is 3.88. The van der Waals surface area contributed by atoms with Crippen molar-refractivity contribution >= 4 is 34.0 Å². The summed E-state index contributed by atoms with van der Waals surface area (Å²) in [6.45, 7) is 0.458. The fourth-order valence-corrected chi connectivity index (χ4v) is 3.88. The number of aryl methyl sites for hydroxylation is 2. The number of fused-ring (bicyclic) bond motifs is 1. The second kappa shape index (κ2) is 9.46. The number of rotatable bonds is 8. The van der Waals surface area contributed by atoms with Crippen LogP contribution in [0.4, 0.5) is 23.0 Å². The Morgan fingerprint density at radius 2 is 1.92 bits per heavy atom. The molecule has 0 atom stereocenters. The number of pyridine rings is 2. The molecule has 0 aliphatic carbocycles. The Kier molecular flexibility index (Phi) is 6.04. The van der Waals surface area contributed by atoms with E-state index in [1.807, 2.05) is 30.3 Å². The molecule has 0 unspecified atom stereocenters. The second-order valence-corrected chi connectivity index (χ2v) is 7.98. The van der Waals surface area contributed by atoms with Crippen molar-refractivity contribution in [3.63, 3.8) is 0 Å². The SMILES string of the molecule is COCc1ccnc(Nc2cc(Nc3cccc(-c4nnn(C)n4)c3OC)c3c(=O)n(C)[nH]c3n2)c1. The molecule has 5 aromatic rings. The molecule has 0 bridgehead atoms. The zero-order chi connectivity index (χ0) is 25.2. The first kappa shape index (κ1) is 23.0. The average molecular weight is 489 g/mol. The highest BCUT2D eigenvalue weighted by Crippen LogP contribution is 2.37. The van der Waals surface area contributed by atoms with E-state index in [2.05, 4.69) is 41.1 Å². The van der Waals surface area contributed by atoms with Gasteiger partial charge in [-0.05, 0) is 35.0 Å². The van der Waals surface area contributed by atoms with E-state index in [1.165, 1.54) is 9.48 Å². The molecule has 36 heavy (non-hydrogen) atoms. The van der Waals surface area contributed by atoms with Crippen LogP contribution in [0.1, 0.15) is 5.56 Å². The van der Waals surface area contributed by atoms with Gasteiger partial charge in [0.2, 0.25) is 5.82 Å². The molecule has 3 N–H and O–H groups in total. The third kappa shape index (κ3) is 4.34. The highest BCUT2D eigenvalue weighted by Gasteiger charge is 2.18. The molecule has 5 rings (SSSR count). The highest BCUT2D eigenvalue weighted by atomic mass is 16.5. The van der Waals surface area contributed by atoms with Gasteiger partial charge in [0.1, 0.15) is 17.0 Å². The Morgan fingerprint density at radius 1 is 1.06 bits per heavy atom. The minimum absolute atomic E-state index is 0.225. The zero-order valence-corrected chi connectivity index (χ0v) is 20.1. The Labute approximate surface area is 205 Å². The number of para-hydroxylation sites is 1. The first-order valence-electron chi connectivity index (χ1n) is 11.0. The molecule has 0 fully saturated rings. The number of methoxy groups -OCH3 is 2. The molecule has 0 saturated carbocycles. The van der Waals surface area contributed by atoms with Gasteiger partial charge >= 0.3 is 0 Å². The molecule has 13 nitrogen and oxygen atoms in total. The zero-order valence-electron chi connectivity index (χ0n) is 20.1. The van der Waals surface area contributed by atoms with Crippen LogP contribution in [0.3, 0.4) is 0 Å². The van der Waals surface area contributed by atoms with E-state index >= 15 is 0 Å². The number of nitrogens with one attached hydrogen (secondary N) is 3. The van der Waals surface area contributed by atoms with E-state index in [0.717, 1.165) is 5.56 Å². The summed E-state index contributed by atoms with van der Waals surface area (Å²) in [4.78, 5) is 23.2. The number of nitrogens with zero attached hydrogens (tertiary/aromatic N) is 7. The molecular weight excluding hydrogens is 464 g/mol. The van der Waals surface area contributed by atoms with Crippen LogP contribution >= 0.6 is 0 Å². The molecule has 1 aromatic carbocycles. The van der Waals surface area contributed by atoms with Crippen molar-refractivity contribution in [3.8, 4) is 17.1 Å². The van der Waals surface area contributed by atoms with E-state index in [0.29, 0.717) is 57.8 Å². The number of H-pyrrole nitrogens is 1. The van der Waals surface area contributed by atoms with Crippen molar-refractivity contribution in [1.29, 1.82) is 0 Å². The van der Waals surface area contributed by atoms with Gasteiger partial charge in [-0.3, -0.25) is 14.6 Å². The lowest BCUT2D eigenvalue weighted by molar-refractivity contribution is 0.185. The van der Waals surface area contributed by atoms with Crippen LogP contribution in [0.5, 0.6) is 5.75 Å². The van der Waals surface area contributed by atoms with Crippen LogP contribution in [-0.2, 0) is 25.4 Å². The van der Waals surface area contributed by atoms with Gasteiger partial charge in [0.15, 0.2) is 11.4 Å². The molecule has 0 radical (unpaired) electrons. The van der Waals surface area contributed by atoms with Gasteiger partial charge in [-0.2, -0.15) is 4.80 Å². The van der Waals surface area contributed by atoms with Crippen molar-refractivity contribution in [2.24, 2.45) is 14.1 Å². The number of aromatic nitrogens is 8. The number of anilines is 4. The molecule has 0 spiro atoms. The fraction of sp³-hybridized carbons (Fsp3) is 0.217. The van der Waals surface area contributed by atoms with Gasteiger partial charge in [-0.1, -0.05) is 6.07 Å². The third-order valence-corrected chi connectivity index (χ3v) is 5.44. The summed E-state index contributed by atoms with van der Waals surface area (Å²) >= 11 is 0. The summed E-state index contributed by atoms with van der Waals surface area (Å²) in [7, 11) is 6.52. The number of tetrazole rings is 1. The summed E-state index contributed by atoms with van der Waals surface area (Å²) in [6, 6.07) is 11.0. The Morgan fingerprint density at radius 3 is 2.67 bits per heavy atom. The topological polar surface area (TPSA) is 150 Å². The lowest BCUT2D eigenvalue weighted by atomic mass is 10.1. The van der Waals surface area contributed by atoms with E-state index in [-0.39, 0.29) is 5.56 Å². The smallest absolute Gasteiger partial charge is 0.277 e. The predicted octanol–water partition coefficient (Wildman–Crippen LogP) is 2.49. The number of hydrogen-bond donors (Lipinski definition) is 3. The van der Waals surface area contributed by atoms with Crippen LogP contribution in [0, 0.1) is 0 Å². The molecule has 0 amide bonds. The first-order valence-corrected chi connectivity index (χ1v) is 11.0. The number of hydrogen-bond acceptors (Lipinski definition) is 10. The maximum absolute atomic E-state index is 12.9. The maximum Gasteiger partial charge on any atom is 0.277 e. The summed E-state index contributed by atoms with van der Waals surface area (Å²) < 4.78 is 12.3. The third-order valence-electron chi connectivity index (χ3n) is 5.44. The van der Waals surface area contributed by atoms with Crippen molar-refractivity contribution < 1.29 is 9.47 Å². The van der Waals surface area contributed by atoms with Gasteiger partial charge in [0.05, 0.1) is 37.7 Å². The van der Waals surface area contributed by atoms with Gasteiger partial charge in [-0.25, -0.2) is 9.97 Å². The Bertz CT molecular complexity index is 1600. The quantitative estimate of drug-likeness (QED) is 0.297. The molecule has 4 aromatic heterocycles. The summed E-state index contributed by atoms with van der Waals surface area (Å²) in [5.41, 5.74) is 2.94. The monoisotopic (exact) mass is 488 g/mol. The predicted molar refractivity (Wildman–Crippen MR) is 134 cm³/mol. The Balaban J connectivity index is 1.58. The molecule has 4 heterocycles. The average Bonchev–Trinajstić information content (AvgIpc) is 3.42. The van der Waals surface area contributed by atoms with E-state index in [9.17, 15) is 4.79 Å². The van der Waals surface area contributed by atoms with Gasteiger partial charge in [-0.15, -0.1) is 10.2 Å². The number of benzene rings is 1. The molecule has 0 saturated heterocycles. The van der Waals surface area contributed by atoms with Gasteiger partial charge < -0.3 is 20.1 Å². The lowest BCUT2D eigenvalue weighted by Crippen LogP contribution is -2.12. The largest absolute Gasteiger partial charge is 0.494 e. The van der Waals surface area contributed by atoms with Crippen LogP contribution in [-0.4, -0.2) is 54.2 Å². The number of aromatic amines is 1. The minimum Gasteiger partial charge on any atom is -0.494 e. The van der Waals surface area contributed by atoms with E-state index in [4.69, 9.17) is 9.47 Å². The lowest BCUT2D eigenvalue weighted by Gasteiger charge is -2.15. The van der Waals surface area contributed by atoms with Crippen LogP contribution in [0.2, 0.25) is 0 Å². The van der Waals surface area contributed by atoms with Crippen molar-refractivity contribution in [2.45, 2.75) is 6.61 Å². The summed E-state index contributed by atoms with van der Waals surface area (Å²) in [6.07, 6.45) is 1.69.